The minimum atomic E-state index is -3.21. The highest BCUT2D eigenvalue weighted by molar-refractivity contribution is 7.92. The molecule has 1 atom stereocenters. The molecule has 0 bridgehead atoms. The molecule has 4 rings (SSSR count). The maximum absolute atomic E-state index is 12.5. The maximum Gasteiger partial charge on any atom is 0.242 e. The van der Waals surface area contributed by atoms with Crippen molar-refractivity contribution in [2.45, 2.75) is 47.6 Å². The third kappa shape index (κ3) is 4.19. The summed E-state index contributed by atoms with van der Waals surface area (Å²) in [5, 5.41) is 2.12. The molecule has 28 heavy (non-hydrogen) atoms. The Balaban J connectivity index is 1.67. The number of benzene rings is 1. The highest BCUT2D eigenvalue weighted by atomic mass is 35.5. The van der Waals surface area contributed by atoms with Crippen LogP contribution in [-0.4, -0.2) is 38.2 Å². The molecular weight excluding hydrogens is 398 g/mol. The summed E-state index contributed by atoms with van der Waals surface area (Å²) in [4.78, 5) is 12.5. The summed E-state index contributed by atoms with van der Waals surface area (Å²) < 4.78 is 30.4. The lowest BCUT2D eigenvalue weighted by Crippen LogP contribution is -2.34. The van der Waals surface area contributed by atoms with Gasteiger partial charge in [0.1, 0.15) is 5.38 Å². The number of amides is 1. The number of carbonyl (C=O) groups is 1. The van der Waals surface area contributed by atoms with Crippen molar-refractivity contribution in [2.24, 2.45) is 5.92 Å². The van der Waals surface area contributed by atoms with Crippen molar-refractivity contribution in [2.75, 3.05) is 13.2 Å². The number of nitrogens with one attached hydrogen (secondary N) is 1. The Bertz CT molecular complexity index is 910. The Morgan fingerprint density at radius 1 is 1.11 bits per heavy atom. The van der Waals surface area contributed by atoms with Gasteiger partial charge in [-0.05, 0) is 55.7 Å². The van der Waals surface area contributed by atoms with Gasteiger partial charge in [-0.2, -0.15) is 0 Å². The molecule has 1 amide bonds. The summed E-state index contributed by atoms with van der Waals surface area (Å²) in [5.74, 6) is 0.148. The van der Waals surface area contributed by atoms with E-state index in [-0.39, 0.29) is 11.2 Å². The molecule has 1 unspecified atom stereocenters. The van der Waals surface area contributed by atoms with Crippen molar-refractivity contribution in [1.29, 1.82) is 0 Å². The molecule has 1 aromatic carbocycles. The summed E-state index contributed by atoms with van der Waals surface area (Å²) >= 11 is 6.02. The number of halogens is 1. The fourth-order valence-electron chi connectivity index (χ4n) is 3.62. The molecule has 0 radical (unpaired) electrons. The first kappa shape index (κ1) is 19.7. The van der Waals surface area contributed by atoms with Crippen molar-refractivity contribution in [1.82, 2.24) is 5.32 Å². The Kier molecular flexibility index (Phi) is 5.63. The quantitative estimate of drug-likeness (QED) is 0.739. The normalized spacial score (nSPS) is 24.6. The van der Waals surface area contributed by atoms with E-state index in [2.05, 4.69) is 11.4 Å². The minimum absolute atomic E-state index is 0.204. The summed E-state index contributed by atoms with van der Waals surface area (Å²) in [6.45, 7) is 1.45. The number of allylic oxidation sites excluding steroid dienone is 3. The van der Waals surface area contributed by atoms with E-state index >= 15 is 0 Å². The minimum Gasteiger partial charge on any atom is -0.381 e. The molecular formula is C21H24ClNO4S. The van der Waals surface area contributed by atoms with Crippen molar-refractivity contribution in [3.05, 3.63) is 47.7 Å². The predicted octanol–water partition coefficient (Wildman–Crippen LogP) is 3.44. The van der Waals surface area contributed by atoms with Crippen LogP contribution in [0, 0.1) is 5.92 Å². The lowest BCUT2D eigenvalue weighted by Gasteiger charge is -2.24. The van der Waals surface area contributed by atoms with Crippen molar-refractivity contribution >= 4 is 32.9 Å². The smallest absolute Gasteiger partial charge is 0.242 e. The second kappa shape index (κ2) is 8.01. The first-order valence-electron chi connectivity index (χ1n) is 9.74. The van der Waals surface area contributed by atoms with Gasteiger partial charge in [0.05, 0.1) is 10.1 Å². The summed E-state index contributed by atoms with van der Waals surface area (Å²) in [7, 11) is -3.21. The van der Waals surface area contributed by atoms with Gasteiger partial charge in [0.15, 0.2) is 9.84 Å². The third-order valence-corrected chi connectivity index (χ3v) is 8.14. The Hall–Kier alpha value is -1.63. The molecule has 5 nitrogen and oxygen atoms in total. The van der Waals surface area contributed by atoms with Crippen LogP contribution in [0.15, 0.2) is 47.0 Å². The monoisotopic (exact) mass is 421 g/mol. The fraction of sp³-hybridized carbons (Fsp3) is 0.476. The van der Waals surface area contributed by atoms with Gasteiger partial charge in [0, 0.05) is 24.5 Å². The van der Waals surface area contributed by atoms with Gasteiger partial charge in [-0.1, -0.05) is 24.3 Å². The molecule has 3 aliphatic rings. The molecule has 1 saturated heterocycles. The molecule has 1 saturated carbocycles. The van der Waals surface area contributed by atoms with Crippen molar-refractivity contribution < 1.29 is 17.9 Å². The molecule has 2 fully saturated rings. The highest BCUT2D eigenvalue weighted by Crippen LogP contribution is 2.35. The molecule has 1 N–H and O–H groups in total. The second-order valence-electron chi connectivity index (χ2n) is 7.61. The Morgan fingerprint density at radius 3 is 2.39 bits per heavy atom. The van der Waals surface area contributed by atoms with Gasteiger partial charge < -0.3 is 10.1 Å². The lowest BCUT2D eigenvalue weighted by molar-refractivity contribution is -0.120. The van der Waals surface area contributed by atoms with E-state index in [4.69, 9.17) is 16.3 Å². The summed E-state index contributed by atoms with van der Waals surface area (Å²) in [5.41, 5.74) is 2.55. The molecule has 1 aromatic rings. The van der Waals surface area contributed by atoms with E-state index in [1.54, 1.807) is 12.1 Å². The van der Waals surface area contributed by atoms with Crippen LogP contribution < -0.4 is 5.32 Å². The van der Waals surface area contributed by atoms with Crippen LogP contribution in [0.1, 0.15) is 37.7 Å². The van der Waals surface area contributed by atoms with E-state index in [0.717, 1.165) is 55.7 Å². The van der Waals surface area contributed by atoms with E-state index in [9.17, 15) is 13.2 Å². The number of alkyl halides is 1. The lowest BCUT2D eigenvalue weighted by atomic mass is 9.91. The second-order valence-corrected chi connectivity index (χ2v) is 10.4. The third-order valence-electron chi connectivity index (χ3n) is 5.49. The first-order chi connectivity index (χ1) is 13.4. The van der Waals surface area contributed by atoms with Crippen LogP contribution in [0.25, 0.3) is 5.57 Å². The zero-order valence-electron chi connectivity index (χ0n) is 15.6. The molecule has 1 aliphatic carbocycles. The molecule has 2 aliphatic heterocycles. The standard InChI is InChI=1S/C21H24ClNO4S/c22-19-7-8-20(23-21(19)24)18(13-14-9-11-27-12-10-14)15-1-3-16(4-2-15)28(25,26)17-5-6-17/h1-4,8,13-14,17,19H,5-7,9-12H2,(H,23,24)/b18-13+. The maximum atomic E-state index is 12.5. The zero-order chi connectivity index (χ0) is 19.7. The van der Waals surface area contributed by atoms with Crippen LogP contribution in [0.3, 0.4) is 0 Å². The van der Waals surface area contributed by atoms with Crippen LogP contribution in [0.5, 0.6) is 0 Å². The fourth-order valence-corrected chi connectivity index (χ4v) is 5.42. The van der Waals surface area contributed by atoms with E-state index < -0.39 is 15.2 Å². The Labute approximate surface area is 170 Å². The van der Waals surface area contributed by atoms with Crippen molar-refractivity contribution in [3.63, 3.8) is 0 Å². The van der Waals surface area contributed by atoms with Gasteiger partial charge >= 0.3 is 0 Å². The number of ether oxygens (including phenoxy) is 1. The largest absolute Gasteiger partial charge is 0.381 e. The molecule has 2 heterocycles. The topological polar surface area (TPSA) is 72.5 Å². The van der Waals surface area contributed by atoms with Gasteiger partial charge in [0.2, 0.25) is 5.91 Å². The number of hydrogen-bond acceptors (Lipinski definition) is 4. The molecule has 150 valence electrons. The van der Waals surface area contributed by atoms with E-state index in [1.807, 2.05) is 18.2 Å². The van der Waals surface area contributed by atoms with Crippen LogP contribution in [0.2, 0.25) is 0 Å². The van der Waals surface area contributed by atoms with Gasteiger partial charge in [-0.3, -0.25) is 4.79 Å². The average molecular weight is 422 g/mol. The highest BCUT2D eigenvalue weighted by Gasteiger charge is 2.36. The van der Waals surface area contributed by atoms with Gasteiger partial charge in [-0.25, -0.2) is 8.42 Å². The molecule has 7 heteroatoms. The number of rotatable bonds is 5. The number of carbonyl (C=O) groups excluding carboxylic acids is 1. The van der Waals surface area contributed by atoms with E-state index in [1.165, 1.54) is 0 Å². The molecule has 0 aromatic heterocycles. The van der Waals surface area contributed by atoms with Crippen LogP contribution in [-0.2, 0) is 19.4 Å². The van der Waals surface area contributed by atoms with Gasteiger partial charge in [0.25, 0.3) is 0 Å². The van der Waals surface area contributed by atoms with Crippen LogP contribution in [0.4, 0.5) is 0 Å². The zero-order valence-corrected chi connectivity index (χ0v) is 17.1. The summed E-state index contributed by atoms with van der Waals surface area (Å²) in [6.07, 6.45) is 7.94. The Morgan fingerprint density at radius 2 is 1.79 bits per heavy atom. The number of hydrogen-bond donors (Lipinski definition) is 1. The summed E-state index contributed by atoms with van der Waals surface area (Å²) in [6, 6.07) is 7.02. The molecule has 0 spiro atoms. The SMILES string of the molecule is O=C1NC(/C(=C/C2CCOCC2)c2ccc(S(=O)(=O)C3CC3)cc2)=CCC1Cl. The average Bonchev–Trinajstić information content (AvgIpc) is 3.55. The van der Waals surface area contributed by atoms with Crippen LogP contribution >= 0.6 is 11.6 Å². The van der Waals surface area contributed by atoms with Gasteiger partial charge in [-0.15, -0.1) is 11.6 Å². The van der Waals surface area contributed by atoms with E-state index in [0.29, 0.717) is 17.2 Å². The number of sulfone groups is 1. The van der Waals surface area contributed by atoms with Crippen molar-refractivity contribution in [3.8, 4) is 0 Å². The first-order valence-corrected chi connectivity index (χ1v) is 11.7. The predicted molar refractivity (Wildman–Crippen MR) is 109 cm³/mol.